The van der Waals surface area contributed by atoms with E-state index < -0.39 is 0 Å². The average molecular weight is 321 g/mol. The molecule has 1 aliphatic rings. The van der Waals surface area contributed by atoms with E-state index in [1.54, 1.807) is 4.90 Å². The Balaban J connectivity index is 1.87. The number of nitrogens with one attached hydrogen (secondary N) is 1. The van der Waals surface area contributed by atoms with E-state index in [0.29, 0.717) is 38.3 Å². The molecule has 5 nitrogen and oxygen atoms in total. The van der Waals surface area contributed by atoms with Crippen LogP contribution in [0.2, 0.25) is 0 Å². The van der Waals surface area contributed by atoms with Crippen molar-refractivity contribution in [1.82, 2.24) is 15.1 Å². The fourth-order valence-corrected chi connectivity index (χ4v) is 2.65. The summed E-state index contributed by atoms with van der Waals surface area (Å²) in [4.78, 5) is 28.2. The molecular formula is C17H24FN3O2. The zero-order valence-electron chi connectivity index (χ0n) is 13.7. The third-order valence-electron chi connectivity index (χ3n) is 4.17. The van der Waals surface area contributed by atoms with Gasteiger partial charge in [0.25, 0.3) is 5.91 Å². The smallest absolute Gasteiger partial charge is 0.253 e. The van der Waals surface area contributed by atoms with E-state index in [2.05, 4.69) is 10.2 Å². The third-order valence-corrected chi connectivity index (χ3v) is 4.17. The Morgan fingerprint density at radius 2 is 1.78 bits per heavy atom. The van der Waals surface area contributed by atoms with Crippen molar-refractivity contribution in [3.05, 3.63) is 35.6 Å². The molecular weight excluding hydrogens is 297 g/mol. The molecule has 0 aliphatic carbocycles. The van der Waals surface area contributed by atoms with Gasteiger partial charge < -0.3 is 10.2 Å². The highest BCUT2D eigenvalue weighted by atomic mass is 19.1. The minimum absolute atomic E-state index is 0.0326. The van der Waals surface area contributed by atoms with Crippen LogP contribution in [0, 0.1) is 5.82 Å². The van der Waals surface area contributed by atoms with Crippen LogP contribution < -0.4 is 5.32 Å². The molecule has 1 aromatic carbocycles. The quantitative estimate of drug-likeness (QED) is 0.894. The standard InChI is InChI=1S/C17H24FN3O2/c1-3-8-19-16(22)13(2)20-9-11-21(12-10-20)17(23)14-4-6-15(18)7-5-14/h4-7,13H,3,8-12H2,1-2H3,(H,19,22)/t13-/m1/s1. The van der Waals surface area contributed by atoms with E-state index in [4.69, 9.17) is 0 Å². The second kappa shape index (κ2) is 8.06. The number of piperazine rings is 1. The lowest BCUT2D eigenvalue weighted by Crippen LogP contribution is -2.55. The predicted molar refractivity (Wildman–Crippen MR) is 86.6 cm³/mol. The second-order valence-electron chi connectivity index (χ2n) is 5.80. The van der Waals surface area contributed by atoms with Crippen LogP contribution in [0.15, 0.2) is 24.3 Å². The summed E-state index contributed by atoms with van der Waals surface area (Å²) < 4.78 is 12.9. The van der Waals surface area contributed by atoms with Crippen molar-refractivity contribution in [2.45, 2.75) is 26.3 Å². The Kier molecular flexibility index (Phi) is 6.10. The zero-order valence-corrected chi connectivity index (χ0v) is 13.7. The molecule has 23 heavy (non-hydrogen) atoms. The molecule has 2 rings (SSSR count). The number of rotatable bonds is 5. The molecule has 1 heterocycles. The van der Waals surface area contributed by atoms with E-state index in [-0.39, 0.29) is 23.7 Å². The molecule has 1 aliphatic heterocycles. The zero-order chi connectivity index (χ0) is 16.8. The van der Waals surface area contributed by atoms with Crippen molar-refractivity contribution in [2.24, 2.45) is 0 Å². The number of benzene rings is 1. The van der Waals surface area contributed by atoms with Crippen LogP contribution in [-0.4, -0.2) is 60.4 Å². The minimum atomic E-state index is -0.349. The molecule has 1 fully saturated rings. The number of halogens is 1. The first-order chi connectivity index (χ1) is 11.0. The number of nitrogens with zero attached hydrogens (tertiary/aromatic N) is 2. The van der Waals surface area contributed by atoms with Gasteiger partial charge in [0.2, 0.25) is 5.91 Å². The molecule has 1 N–H and O–H groups in total. The molecule has 2 amide bonds. The van der Waals surface area contributed by atoms with Crippen LogP contribution >= 0.6 is 0 Å². The van der Waals surface area contributed by atoms with Gasteiger partial charge in [0.05, 0.1) is 6.04 Å². The highest BCUT2D eigenvalue weighted by molar-refractivity contribution is 5.94. The lowest BCUT2D eigenvalue weighted by Gasteiger charge is -2.37. The summed E-state index contributed by atoms with van der Waals surface area (Å²) in [5, 5.41) is 2.90. The highest BCUT2D eigenvalue weighted by Crippen LogP contribution is 2.11. The van der Waals surface area contributed by atoms with Gasteiger partial charge in [0, 0.05) is 38.3 Å². The van der Waals surface area contributed by atoms with Crippen LogP contribution in [0.4, 0.5) is 4.39 Å². The highest BCUT2D eigenvalue weighted by Gasteiger charge is 2.27. The normalized spacial score (nSPS) is 16.9. The summed E-state index contributed by atoms with van der Waals surface area (Å²) in [5.41, 5.74) is 0.494. The molecule has 0 bridgehead atoms. The fraction of sp³-hybridized carbons (Fsp3) is 0.529. The number of hydrogen-bond acceptors (Lipinski definition) is 3. The topological polar surface area (TPSA) is 52.7 Å². The van der Waals surface area contributed by atoms with Gasteiger partial charge in [0.15, 0.2) is 0 Å². The summed E-state index contributed by atoms with van der Waals surface area (Å²) in [5.74, 6) is -0.406. The van der Waals surface area contributed by atoms with Gasteiger partial charge >= 0.3 is 0 Å². The monoisotopic (exact) mass is 321 g/mol. The Morgan fingerprint density at radius 1 is 1.17 bits per heavy atom. The number of amides is 2. The van der Waals surface area contributed by atoms with Gasteiger partial charge in [-0.25, -0.2) is 4.39 Å². The molecule has 0 saturated carbocycles. The Labute approximate surface area is 136 Å². The lowest BCUT2D eigenvalue weighted by molar-refractivity contribution is -0.126. The average Bonchev–Trinajstić information content (AvgIpc) is 2.59. The van der Waals surface area contributed by atoms with Gasteiger partial charge in [0.1, 0.15) is 5.82 Å². The Morgan fingerprint density at radius 3 is 2.35 bits per heavy atom. The summed E-state index contributed by atoms with van der Waals surface area (Å²) in [6.07, 6.45) is 0.915. The van der Waals surface area contributed by atoms with Crippen molar-refractivity contribution in [2.75, 3.05) is 32.7 Å². The van der Waals surface area contributed by atoms with Crippen LogP contribution in [0.5, 0.6) is 0 Å². The summed E-state index contributed by atoms with van der Waals surface area (Å²) in [6, 6.07) is 5.41. The first-order valence-corrected chi connectivity index (χ1v) is 8.09. The summed E-state index contributed by atoms with van der Waals surface area (Å²) in [7, 11) is 0. The van der Waals surface area contributed by atoms with Crippen molar-refractivity contribution < 1.29 is 14.0 Å². The summed E-state index contributed by atoms with van der Waals surface area (Å²) in [6.45, 7) is 7.06. The minimum Gasteiger partial charge on any atom is -0.355 e. The van der Waals surface area contributed by atoms with Crippen LogP contribution in [0.25, 0.3) is 0 Å². The maximum absolute atomic E-state index is 12.9. The maximum Gasteiger partial charge on any atom is 0.253 e. The van der Waals surface area contributed by atoms with E-state index in [1.807, 2.05) is 13.8 Å². The van der Waals surface area contributed by atoms with E-state index in [9.17, 15) is 14.0 Å². The molecule has 1 saturated heterocycles. The van der Waals surface area contributed by atoms with Crippen molar-refractivity contribution in [1.29, 1.82) is 0 Å². The van der Waals surface area contributed by atoms with Gasteiger partial charge in [-0.15, -0.1) is 0 Å². The molecule has 0 aromatic heterocycles. The van der Waals surface area contributed by atoms with Crippen LogP contribution in [-0.2, 0) is 4.79 Å². The summed E-state index contributed by atoms with van der Waals surface area (Å²) >= 11 is 0. The van der Waals surface area contributed by atoms with Gasteiger partial charge in [-0.2, -0.15) is 0 Å². The van der Waals surface area contributed by atoms with E-state index in [1.165, 1.54) is 24.3 Å². The van der Waals surface area contributed by atoms with Crippen molar-refractivity contribution in [3.8, 4) is 0 Å². The second-order valence-corrected chi connectivity index (χ2v) is 5.80. The number of carbonyl (C=O) groups is 2. The molecule has 6 heteroatoms. The van der Waals surface area contributed by atoms with Crippen molar-refractivity contribution >= 4 is 11.8 Å². The molecule has 0 radical (unpaired) electrons. The molecule has 0 unspecified atom stereocenters. The van der Waals surface area contributed by atoms with E-state index in [0.717, 1.165) is 6.42 Å². The third kappa shape index (κ3) is 4.51. The Hall–Kier alpha value is -1.95. The molecule has 126 valence electrons. The van der Waals surface area contributed by atoms with Crippen LogP contribution in [0.3, 0.4) is 0 Å². The first-order valence-electron chi connectivity index (χ1n) is 8.09. The number of hydrogen-bond donors (Lipinski definition) is 1. The van der Waals surface area contributed by atoms with Gasteiger partial charge in [-0.3, -0.25) is 14.5 Å². The van der Waals surface area contributed by atoms with E-state index >= 15 is 0 Å². The Bertz CT molecular complexity index is 539. The molecule has 1 aromatic rings. The first kappa shape index (κ1) is 17.4. The fourth-order valence-electron chi connectivity index (χ4n) is 2.65. The predicted octanol–water partition coefficient (Wildman–Crippen LogP) is 1.50. The van der Waals surface area contributed by atoms with Crippen LogP contribution in [0.1, 0.15) is 30.6 Å². The van der Waals surface area contributed by atoms with Crippen molar-refractivity contribution in [3.63, 3.8) is 0 Å². The lowest BCUT2D eigenvalue weighted by atomic mass is 10.1. The van der Waals surface area contributed by atoms with Gasteiger partial charge in [-0.05, 0) is 37.6 Å². The largest absolute Gasteiger partial charge is 0.355 e. The number of carbonyl (C=O) groups excluding carboxylic acids is 2. The maximum atomic E-state index is 12.9. The SMILES string of the molecule is CCCNC(=O)[C@@H](C)N1CCN(C(=O)c2ccc(F)cc2)CC1. The van der Waals surface area contributed by atoms with Gasteiger partial charge in [-0.1, -0.05) is 6.92 Å². The molecule has 0 spiro atoms. The molecule has 1 atom stereocenters.